The second-order valence-corrected chi connectivity index (χ2v) is 9.43. The zero-order valence-corrected chi connectivity index (χ0v) is 20.6. The van der Waals surface area contributed by atoms with Crippen LogP contribution in [0.3, 0.4) is 0 Å². The molecule has 1 aliphatic carbocycles. The average molecular weight is 472 g/mol. The lowest BCUT2D eigenvalue weighted by molar-refractivity contribution is 0.168. The van der Waals surface area contributed by atoms with Crippen molar-refractivity contribution in [3.8, 4) is 17.3 Å². The van der Waals surface area contributed by atoms with E-state index in [1.54, 1.807) is 6.92 Å². The summed E-state index contributed by atoms with van der Waals surface area (Å²) in [5, 5.41) is 13.8. The Balaban J connectivity index is 1.43. The van der Waals surface area contributed by atoms with Crippen LogP contribution in [0.25, 0.3) is 22.2 Å². The molecule has 1 aliphatic heterocycles. The van der Waals surface area contributed by atoms with Crippen LogP contribution in [0.4, 0.5) is 16.2 Å². The second-order valence-electron chi connectivity index (χ2n) is 9.43. The van der Waals surface area contributed by atoms with Crippen LogP contribution >= 0.6 is 0 Å². The van der Waals surface area contributed by atoms with Crippen LogP contribution in [-0.2, 0) is 11.3 Å². The lowest BCUT2D eigenvalue weighted by Crippen LogP contribution is -2.47. The van der Waals surface area contributed by atoms with Crippen LogP contribution < -0.4 is 10.2 Å². The SMILES string of the molecule is CCOC(=O)Nc1ccc(-c2c(C#N)c3ccc(N4CCN(CC5CC5)CC4)cc3n2CC)cc1. The molecule has 0 unspecified atom stereocenters. The van der Waals surface area contributed by atoms with Gasteiger partial charge in [-0.2, -0.15) is 5.26 Å². The fourth-order valence-corrected chi connectivity index (χ4v) is 5.13. The van der Waals surface area contributed by atoms with Crippen molar-refractivity contribution in [3.05, 3.63) is 48.0 Å². The molecule has 5 rings (SSSR count). The zero-order valence-electron chi connectivity index (χ0n) is 20.6. The van der Waals surface area contributed by atoms with Crippen molar-refractivity contribution >= 4 is 28.4 Å². The summed E-state index contributed by atoms with van der Waals surface area (Å²) in [7, 11) is 0. The van der Waals surface area contributed by atoms with Crippen molar-refractivity contribution < 1.29 is 9.53 Å². The van der Waals surface area contributed by atoms with Gasteiger partial charge in [0, 0.05) is 56.0 Å². The number of nitrogens with zero attached hydrogens (tertiary/aromatic N) is 4. The Kier molecular flexibility index (Phi) is 6.65. The van der Waals surface area contributed by atoms with Crippen molar-refractivity contribution in [1.29, 1.82) is 5.26 Å². The number of rotatable bonds is 7. The molecule has 7 heteroatoms. The summed E-state index contributed by atoms with van der Waals surface area (Å²) < 4.78 is 7.19. The summed E-state index contributed by atoms with van der Waals surface area (Å²) in [5.41, 5.74) is 5.52. The van der Waals surface area contributed by atoms with E-state index in [-0.39, 0.29) is 0 Å². The number of fused-ring (bicyclic) bond motifs is 1. The molecule has 0 atom stereocenters. The van der Waals surface area contributed by atoms with E-state index in [0.717, 1.165) is 60.8 Å². The predicted molar refractivity (Wildman–Crippen MR) is 140 cm³/mol. The van der Waals surface area contributed by atoms with E-state index in [1.807, 2.05) is 24.3 Å². The second kappa shape index (κ2) is 10.0. The van der Waals surface area contributed by atoms with Gasteiger partial charge in [0.1, 0.15) is 6.07 Å². The van der Waals surface area contributed by atoms with Crippen molar-refractivity contribution in [3.63, 3.8) is 0 Å². The molecule has 0 radical (unpaired) electrons. The van der Waals surface area contributed by atoms with Gasteiger partial charge in [-0.1, -0.05) is 12.1 Å². The van der Waals surface area contributed by atoms with Crippen LogP contribution in [-0.4, -0.2) is 54.9 Å². The van der Waals surface area contributed by atoms with Crippen molar-refractivity contribution in [2.45, 2.75) is 33.2 Å². The molecule has 2 fully saturated rings. The molecule has 1 saturated carbocycles. The van der Waals surface area contributed by atoms with Gasteiger partial charge in [-0.15, -0.1) is 0 Å². The molecule has 0 spiro atoms. The molecule has 182 valence electrons. The maximum atomic E-state index is 11.7. The minimum absolute atomic E-state index is 0.324. The van der Waals surface area contributed by atoms with E-state index < -0.39 is 6.09 Å². The van der Waals surface area contributed by atoms with Gasteiger partial charge in [0.25, 0.3) is 0 Å². The number of aryl methyl sites for hydroxylation is 1. The van der Waals surface area contributed by atoms with Gasteiger partial charge in [-0.05, 0) is 68.5 Å². The van der Waals surface area contributed by atoms with Crippen LogP contribution in [0.1, 0.15) is 32.3 Å². The van der Waals surface area contributed by atoms with Crippen molar-refractivity contribution in [2.75, 3.05) is 49.5 Å². The van der Waals surface area contributed by atoms with Crippen LogP contribution in [0.2, 0.25) is 0 Å². The average Bonchev–Trinajstić information content (AvgIpc) is 3.63. The molecule has 3 aromatic rings. The lowest BCUT2D eigenvalue weighted by atomic mass is 10.1. The number of nitriles is 1. The number of ether oxygens (including phenoxy) is 1. The van der Waals surface area contributed by atoms with Gasteiger partial charge in [0.15, 0.2) is 0 Å². The van der Waals surface area contributed by atoms with Gasteiger partial charge in [0.2, 0.25) is 0 Å². The fraction of sp³-hybridized carbons (Fsp3) is 0.429. The number of hydrogen-bond acceptors (Lipinski definition) is 5. The highest BCUT2D eigenvalue weighted by atomic mass is 16.5. The van der Waals surface area contributed by atoms with Gasteiger partial charge >= 0.3 is 6.09 Å². The minimum Gasteiger partial charge on any atom is -0.450 e. The van der Waals surface area contributed by atoms with Gasteiger partial charge < -0.3 is 14.2 Å². The standard InChI is InChI=1S/C28H33N5O2/c1-3-33-26-17-23(32-15-13-31(14-16-32)19-20-5-6-20)11-12-24(26)25(18-29)27(33)21-7-9-22(10-8-21)30-28(34)35-4-2/h7-12,17,20H,3-6,13-16,19H2,1-2H3,(H,30,34). The molecule has 0 bridgehead atoms. The van der Waals surface area contributed by atoms with Crippen LogP contribution in [0.5, 0.6) is 0 Å². The highest BCUT2D eigenvalue weighted by Crippen LogP contribution is 2.36. The quantitative estimate of drug-likeness (QED) is 0.506. The summed E-state index contributed by atoms with van der Waals surface area (Å²) in [6.07, 6.45) is 2.33. The third-order valence-corrected chi connectivity index (χ3v) is 7.11. The monoisotopic (exact) mass is 471 g/mol. The number of piperazine rings is 1. The number of hydrogen-bond donors (Lipinski definition) is 1. The first-order valence-electron chi connectivity index (χ1n) is 12.7. The summed E-state index contributed by atoms with van der Waals surface area (Å²) in [5.74, 6) is 0.934. The maximum Gasteiger partial charge on any atom is 0.411 e. The largest absolute Gasteiger partial charge is 0.450 e. The molecule has 1 saturated heterocycles. The number of nitrogens with one attached hydrogen (secondary N) is 1. The normalized spacial score (nSPS) is 16.3. The summed E-state index contributed by atoms with van der Waals surface area (Å²) in [4.78, 5) is 16.8. The van der Waals surface area contributed by atoms with E-state index in [4.69, 9.17) is 4.74 Å². The Bertz CT molecular complexity index is 1250. The highest BCUT2D eigenvalue weighted by Gasteiger charge is 2.27. The molecule has 2 aliphatic rings. The number of amides is 1. The topological polar surface area (TPSA) is 73.5 Å². The Hall–Kier alpha value is -3.50. The van der Waals surface area contributed by atoms with Gasteiger partial charge in [-0.3, -0.25) is 10.2 Å². The smallest absolute Gasteiger partial charge is 0.411 e. The van der Waals surface area contributed by atoms with E-state index in [0.29, 0.717) is 17.9 Å². The van der Waals surface area contributed by atoms with Crippen molar-refractivity contribution in [1.82, 2.24) is 9.47 Å². The third kappa shape index (κ3) is 4.85. The molecular formula is C28H33N5O2. The van der Waals surface area contributed by atoms with Crippen LogP contribution in [0, 0.1) is 17.2 Å². The molecule has 2 aromatic carbocycles. The summed E-state index contributed by atoms with van der Waals surface area (Å²) >= 11 is 0. The van der Waals surface area contributed by atoms with Gasteiger partial charge in [-0.25, -0.2) is 4.79 Å². The molecule has 7 nitrogen and oxygen atoms in total. The zero-order chi connectivity index (χ0) is 24.4. The Labute approximate surface area is 206 Å². The van der Waals surface area contributed by atoms with Gasteiger partial charge in [0.05, 0.1) is 23.4 Å². The number of anilines is 2. The Morgan fingerprint density at radius 3 is 2.46 bits per heavy atom. The first kappa shape index (κ1) is 23.3. The van der Waals surface area contributed by atoms with E-state index in [9.17, 15) is 10.1 Å². The number of carbonyl (C=O) groups excluding carboxylic acids is 1. The Morgan fingerprint density at radius 1 is 1.09 bits per heavy atom. The van der Waals surface area contributed by atoms with E-state index in [1.165, 1.54) is 25.1 Å². The molecule has 1 aromatic heterocycles. The maximum absolute atomic E-state index is 11.7. The Morgan fingerprint density at radius 2 is 1.83 bits per heavy atom. The fourth-order valence-electron chi connectivity index (χ4n) is 5.13. The number of carbonyl (C=O) groups is 1. The molecule has 1 N–H and O–H groups in total. The summed E-state index contributed by atoms with van der Waals surface area (Å²) in [6, 6.07) is 16.5. The predicted octanol–water partition coefficient (Wildman–Crippen LogP) is 5.30. The molecule has 35 heavy (non-hydrogen) atoms. The van der Waals surface area contributed by atoms with E-state index in [2.05, 4.69) is 50.9 Å². The first-order valence-corrected chi connectivity index (χ1v) is 12.7. The molecule has 2 heterocycles. The summed E-state index contributed by atoms with van der Waals surface area (Å²) in [6.45, 7) is 10.5. The minimum atomic E-state index is -0.471. The molecule has 1 amide bonds. The van der Waals surface area contributed by atoms with Crippen LogP contribution in [0.15, 0.2) is 42.5 Å². The third-order valence-electron chi connectivity index (χ3n) is 7.11. The first-order chi connectivity index (χ1) is 17.1. The van der Waals surface area contributed by atoms with Crippen molar-refractivity contribution in [2.24, 2.45) is 5.92 Å². The molecular weight excluding hydrogens is 438 g/mol. The van der Waals surface area contributed by atoms with E-state index >= 15 is 0 Å². The lowest BCUT2D eigenvalue weighted by Gasteiger charge is -2.36. The number of aromatic nitrogens is 1. The number of benzene rings is 2. The highest BCUT2D eigenvalue weighted by molar-refractivity contribution is 5.96.